The smallest absolute Gasteiger partial charge is 0.280 e. The molecule has 0 saturated heterocycles. The van der Waals surface area contributed by atoms with E-state index in [2.05, 4.69) is 30.2 Å². The standard InChI is InChI=1S/C17H17F4NO2S.C17H21NO2S/c1-16(2,3)14-9-6-12(10-15(14)18)22-25(23,24)13-7-4-11(5-8-13)17(19,20)21;1-13-12-14(10-11-16(13)17(2,3)4)18-21(19,20)15-8-6-5-7-9-15/h4-10,22H,1-3H3;5-12,18H,1-4H3. The molecule has 0 radical (unpaired) electrons. The molecule has 248 valence electrons. The average molecular weight is 679 g/mol. The summed E-state index contributed by atoms with van der Waals surface area (Å²) in [7, 11) is -7.65. The number of nitrogens with one attached hydrogen (secondary N) is 2. The normalized spacial score (nSPS) is 12.6. The van der Waals surface area contributed by atoms with Gasteiger partial charge in [-0.1, -0.05) is 71.9 Å². The molecule has 12 heteroatoms. The number of halogens is 4. The molecule has 0 atom stereocenters. The third-order valence-electron chi connectivity index (χ3n) is 6.86. The summed E-state index contributed by atoms with van der Waals surface area (Å²) in [5.41, 5.74) is 1.93. The van der Waals surface area contributed by atoms with Gasteiger partial charge in [0.25, 0.3) is 20.0 Å². The van der Waals surface area contributed by atoms with E-state index >= 15 is 0 Å². The lowest BCUT2D eigenvalue weighted by Crippen LogP contribution is -2.16. The van der Waals surface area contributed by atoms with Gasteiger partial charge >= 0.3 is 6.18 Å². The molecule has 46 heavy (non-hydrogen) atoms. The number of rotatable bonds is 6. The van der Waals surface area contributed by atoms with E-state index in [0.29, 0.717) is 23.4 Å². The Balaban J connectivity index is 0.000000254. The summed E-state index contributed by atoms with van der Waals surface area (Å²) in [4.78, 5) is -0.0802. The van der Waals surface area contributed by atoms with E-state index in [1.165, 1.54) is 17.7 Å². The highest BCUT2D eigenvalue weighted by Gasteiger charge is 2.31. The summed E-state index contributed by atoms with van der Waals surface area (Å²) in [6.45, 7) is 13.9. The van der Waals surface area contributed by atoms with Crippen molar-refractivity contribution in [3.05, 3.63) is 119 Å². The first-order valence-electron chi connectivity index (χ1n) is 14.2. The molecule has 0 heterocycles. The first-order valence-corrected chi connectivity index (χ1v) is 17.2. The minimum atomic E-state index is -4.55. The summed E-state index contributed by atoms with van der Waals surface area (Å²) in [6.07, 6.45) is -4.55. The Labute approximate surface area is 269 Å². The van der Waals surface area contributed by atoms with Gasteiger partial charge in [-0.05, 0) is 95.1 Å². The van der Waals surface area contributed by atoms with E-state index in [1.807, 2.05) is 45.9 Å². The van der Waals surface area contributed by atoms with Gasteiger partial charge in [0, 0.05) is 5.69 Å². The predicted molar refractivity (Wildman–Crippen MR) is 174 cm³/mol. The number of aryl methyl sites for hydroxylation is 1. The zero-order chi connectivity index (χ0) is 34.7. The fourth-order valence-electron chi connectivity index (χ4n) is 4.61. The van der Waals surface area contributed by atoms with Crippen LogP contribution in [0.4, 0.5) is 28.9 Å². The van der Waals surface area contributed by atoms with Gasteiger partial charge < -0.3 is 0 Å². The molecular weight excluding hydrogens is 641 g/mol. The second-order valence-electron chi connectivity index (χ2n) is 12.8. The fourth-order valence-corrected chi connectivity index (χ4v) is 6.73. The molecule has 0 saturated carbocycles. The molecule has 0 aliphatic rings. The SMILES string of the molecule is CC(C)(C)c1ccc(NS(=O)(=O)c2ccc(C(F)(F)F)cc2)cc1F.Cc1cc(NS(=O)(=O)c2ccccc2)ccc1C(C)(C)C. The zero-order valence-corrected chi connectivity index (χ0v) is 28.3. The number of benzene rings is 4. The van der Waals surface area contributed by atoms with Crippen LogP contribution in [0.2, 0.25) is 0 Å². The third-order valence-corrected chi connectivity index (χ3v) is 9.66. The lowest BCUT2D eigenvalue weighted by Gasteiger charge is -2.22. The molecule has 4 aromatic carbocycles. The second kappa shape index (κ2) is 13.4. The first kappa shape index (κ1) is 36.6. The van der Waals surface area contributed by atoms with Crippen molar-refractivity contribution < 1.29 is 34.4 Å². The molecule has 0 aliphatic carbocycles. The summed E-state index contributed by atoms with van der Waals surface area (Å²) >= 11 is 0. The average Bonchev–Trinajstić information content (AvgIpc) is 2.92. The molecular formula is C34H38F4N2O4S2. The van der Waals surface area contributed by atoms with Crippen molar-refractivity contribution in [1.29, 1.82) is 0 Å². The molecule has 0 spiro atoms. The van der Waals surface area contributed by atoms with Gasteiger partial charge in [0.2, 0.25) is 0 Å². The number of alkyl halides is 3. The van der Waals surface area contributed by atoms with Gasteiger partial charge in [-0.25, -0.2) is 21.2 Å². The molecule has 2 N–H and O–H groups in total. The Morgan fingerprint density at radius 3 is 1.41 bits per heavy atom. The maximum absolute atomic E-state index is 14.1. The zero-order valence-electron chi connectivity index (χ0n) is 26.6. The van der Waals surface area contributed by atoms with Crippen molar-refractivity contribution in [3.8, 4) is 0 Å². The lowest BCUT2D eigenvalue weighted by molar-refractivity contribution is -0.137. The Bertz CT molecular complexity index is 1880. The molecule has 6 nitrogen and oxygen atoms in total. The van der Waals surface area contributed by atoms with Gasteiger partial charge in [-0.15, -0.1) is 0 Å². The van der Waals surface area contributed by atoms with E-state index in [1.54, 1.807) is 30.3 Å². The molecule has 0 amide bonds. The first-order chi connectivity index (χ1) is 21.0. The largest absolute Gasteiger partial charge is 0.416 e. The lowest BCUT2D eigenvalue weighted by atomic mass is 9.84. The van der Waals surface area contributed by atoms with E-state index < -0.39 is 43.0 Å². The van der Waals surface area contributed by atoms with Crippen LogP contribution < -0.4 is 9.44 Å². The van der Waals surface area contributed by atoms with Gasteiger partial charge in [0.1, 0.15) is 5.82 Å². The Morgan fingerprint density at radius 2 is 1.00 bits per heavy atom. The van der Waals surface area contributed by atoms with Crippen LogP contribution in [0.15, 0.2) is 101 Å². The maximum atomic E-state index is 14.1. The highest BCUT2D eigenvalue weighted by atomic mass is 32.2. The van der Waals surface area contributed by atoms with Crippen molar-refractivity contribution in [1.82, 2.24) is 0 Å². The molecule has 4 aromatic rings. The van der Waals surface area contributed by atoms with Gasteiger partial charge in [0.15, 0.2) is 0 Å². The number of hydrogen-bond donors (Lipinski definition) is 2. The monoisotopic (exact) mass is 678 g/mol. The van der Waals surface area contributed by atoms with Crippen molar-refractivity contribution in [2.45, 2.75) is 75.3 Å². The second-order valence-corrected chi connectivity index (χ2v) is 16.1. The van der Waals surface area contributed by atoms with Crippen molar-refractivity contribution in [2.24, 2.45) is 0 Å². The molecule has 0 aliphatic heterocycles. The van der Waals surface area contributed by atoms with Gasteiger partial charge in [-0.3, -0.25) is 9.44 Å². The summed E-state index contributed by atoms with van der Waals surface area (Å²) in [6, 6.07) is 21.0. The Kier molecular flexibility index (Phi) is 10.7. The fraction of sp³-hybridized carbons (Fsp3) is 0.294. The van der Waals surface area contributed by atoms with Crippen molar-refractivity contribution >= 4 is 31.4 Å². The Hall–Kier alpha value is -3.90. The van der Waals surface area contributed by atoms with E-state index in [9.17, 15) is 34.4 Å². The summed E-state index contributed by atoms with van der Waals surface area (Å²) in [5.74, 6) is -0.569. The van der Waals surface area contributed by atoms with Crippen LogP contribution in [0.3, 0.4) is 0 Å². The van der Waals surface area contributed by atoms with Crippen LogP contribution in [-0.4, -0.2) is 16.8 Å². The third kappa shape index (κ3) is 9.56. The molecule has 0 unspecified atom stereocenters. The van der Waals surface area contributed by atoms with Crippen molar-refractivity contribution in [3.63, 3.8) is 0 Å². The van der Waals surface area contributed by atoms with Crippen LogP contribution >= 0.6 is 0 Å². The number of sulfonamides is 2. The highest BCUT2D eigenvalue weighted by Crippen LogP contribution is 2.31. The quantitative estimate of drug-likeness (QED) is 0.199. The van der Waals surface area contributed by atoms with E-state index in [0.717, 1.165) is 23.8 Å². The van der Waals surface area contributed by atoms with Crippen LogP contribution in [0.5, 0.6) is 0 Å². The van der Waals surface area contributed by atoms with Crippen LogP contribution in [0.25, 0.3) is 0 Å². The molecule has 0 fully saturated rings. The van der Waals surface area contributed by atoms with E-state index in [4.69, 9.17) is 0 Å². The highest BCUT2D eigenvalue weighted by molar-refractivity contribution is 7.93. The Morgan fingerprint density at radius 1 is 0.565 bits per heavy atom. The predicted octanol–water partition coefficient (Wildman–Crippen LogP) is 9.04. The molecule has 0 aromatic heterocycles. The van der Waals surface area contributed by atoms with Crippen molar-refractivity contribution in [2.75, 3.05) is 9.44 Å². The summed E-state index contributed by atoms with van der Waals surface area (Å²) in [5, 5.41) is 0. The topological polar surface area (TPSA) is 92.3 Å². The maximum Gasteiger partial charge on any atom is 0.416 e. The molecule has 4 rings (SSSR count). The van der Waals surface area contributed by atoms with Crippen LogP contribution in [-0.2, 0) is 37.1 Å². The number of hydrogen-bond acceptors (Lipinski definition) is 4. The van der Waals surface area contributed by atoms with Crippen LogP contribution in [0, 0.1) is 12.7 Å². The minimum absolute atomic E-state index is 0.00889. The minimum Gasteiger partial charge on any atom is -0.280 e. The van der Waals surface area contributed by atoms with Gasteiger partial charge in [-0.2, -0.15) is 13.2 Å². The summed E-state index contributed by atoms with van der Waals surface area (Å²) < 4.78 is 106. The van der Waals surface area contributed by atoms with Gasteiger partial charge in [0.05, 0.1) is 21.0 Å². The number of anilines is 2. The van der Waals surface area contributed by atoms with Crippen LogP contribution in [0.1, 0.15) is 63.8 Å². The molecule has 0 bridgehead atoms. The van der Waals surface area contributed by atoms with E-state index in [-0.39, 0.29) is 20.9 Å².